The van der Waals surface area contributed by atoms with E-state index in [0.717, 1.165) is 11.1 Å². The Balaban J connectivity index is 3.40. The van der Waals surface area contributed by atoms with Crippen LogP contribution in [0.15, 0.2) is 12.1 Å². The second kappa shape index (κ2) is 4.13. The van der Waals surface area contributed by atoms with Gasteiger partial charge < -0.3 is 10.2 Å². The average molecular weight is 194 g/mol. The van der Waals surface area contributed by atoms with Gasteiger partial charge in [0.2, 0.25) is 0 Å². The fraction of sp³-hybridized carbons (Fsp3) is 0.364. The Kier molecular flexibility index (Phi) is 3.12. The van der Waals surface area contributed by atoms with Crippen molar-refractivity contribution in [3.63, 3.8) is 0 Å². The molecule has 0 atom stereocenters. The lowest BCUT2D eigenvalue weighted by Gasteiger charge is -2.10. The van der Waals surface area contributed by atoms with Crippen LogP contribution in [0.25, 0.3) is 0 Å². The van der Waals surface area contributed by atoms with E-state index in [-0.39, 0.29) is 5.75 Å². The molecule has 1 aromatic carbocycles. The van der Waals surface area contributed by atoms with Gasteiger partial charge in [-0.1, -0.05) is 13.8 Å². The standard InChI is InChI=1S/C11H14O3/c1-3-7-8(4-2)10(12)6-5-9(7)11(13)14/h5-6,12H,3-4H2,1-2H3,(H,13,14). The van der Waals surface area contributed by atoms with E-state index in [2.05, 4.69) is 0 Å². The number of aromatic hydroxyl groups is 1. The Bertz CT molecular complexity index is 356. The largest absolute Gasteiger partial charge is 0.508 e. The minimum atomic E-state index is -0.934. The Morgan fingerprint density at radius 1 is 1.21 bits per heavy atom. The summed E-state index contributed by atoms with van der Waals surface area (Å²) in [5.41, 5.74) is 1.77. The molecule has 1 rings (SSSR count). The summed E-state index contributed by atoms with van der Waals surface area (Å²) in [7, 11) is 0. The van der Waals surface area contributed by atoms with Crippen molar-refractivity contribution in [2.75, 3.05) is 0 Å². The first kappa shape index (κ1) is 10.6. The van der Waals surface area contributed by atoms with Gasteiger partial charge in [-0.3, -0.25) is 0 Å². The molecule has 0 aliphatic carbocycles. The first-order valence-corrected chi connectivity index (χ1v) is 4.68. The molecule has 0 heterocycles. The van der Waals surface area contributed by atoms with E-state index in [1.807, 2.05) is 13.8 Å². The molecule has 0 aromatic heterocycles. The first-order valence-electron chi connectivity index (χ1n) is 4.68. The van der Waals surface area contributed by atoms with E-state index in [0.29, 0.717) is 18.4 Å². The van der Waals surface area contributed by atoms with Crippen LogP contribution in [-0.4, -0.2) is 16.2 Å². The third kappa shape index (κ3) is 1.71. The second-order valence-corrected chi connectivity index (χ2v) is 3.10. The van der Waals surface area contributed by atoms with Crippen molar-refractivity contribution in [3.8, 4) is 5.75 Å². The lowest BCUT2D eigenvalue weighted by atomic mass is 9.96. The molecule has 76 valence electrons. The number of phenolic OH excluding ortho intramolecular Hbond substituents is 1. The zero-order chi connectivity index (χ0) is 10.7. The summed E-state index contributed by atoms with van der Waals surface area (Å²) >= 11 is 0. The predicted octanol–water partition coefficient (Wildman–Crippen LogP) is 2.22. The monoisotopic (exact) mass is 194 g/mol. The SMILES string of the molecule is CCc1c(O)ccc(C(=O)O)c1CC. The number of rotatable bonds is 3. The van der Waals surface area contributed by atoms with Gasteiger partial charge in [0.1, 0.15) is 5.75 Å². The Morgan fingerprint density at radius 3 is 2.21 bits per heavy atom. The summed E-state index contributed by atoms with van der Waals surface area (Å²) in [5.74, 6) is -0.745. The number of hydrogen-bond acceptors (Lipinski definition) is 2. The molecule has 1 aromatic rings. The molecule has 0 radical (unpaired) electrons. The van der Waals surface area contributed by atoms with E-state index < -0.39 is 5.97 Å². The normalized spacial score (nSPS) is 10.1. The number of benzene rings is 1. The molecule has 0 aliphatic rings. The van der Waals surface area contributed by atoms with Gasteiger partial charge >= 0.3 is 5.97 Å². The molecule has 3 nitrogen and oxygen atoms in total. The minimum absolute atomic E-state index is 0.189. The van der Waals surface area contributed by atoms with Gasteiger partial charge in [-0.05, 0) is 36.1 Å². The van der Waals surface area contributed by atoms with Crippen molar-refractivity contribution in [1.82, 2.24) is 0 Å². The smallest absolute Gasteiger partial charge is 0.335 e. The van der Waals surface area contributed by atoms with Crippen LogP contribution < -0.4 is 0 Å². The van der Waals surface area contributed by atoms with E-state index >= 15 is 0 Å². The number of phenols is 1. The molecule has 2 N–H and O–H groups in total. The number of hydrogen-bond donors (Lipinski definition) is 2. The van der Waals surface area contributed by atoms with E-state index in [4.69, 9.17) is 5.11 Å². The van der Waals surface area contributed by atoms with Crippen LogP contribution in [-0.2, 0) is 12.8 Å². The van der Waals surface area contributed by atoms with Gasteiger partial charge in [0, 0.05) is 0 Å². The number of carbonyl (C=O) groups is 1. The number of aromatic carboxylic acids is 1. The topological polar surface area (TPSA) is 57.5 Å². The van der Waals surface area contributed by atoms with Gasteiger partial charge in [0.25, 0.3) is 0 Å². The zero-order valence-electron chi connectivity index (χ0n) is 8.37. The quantitative estimate of drug-likeness (QED) is 0.775. The van der Waals surface area contributed by atoms with Gasteiger partial charge in [-0.15, -0.1) is 0 Å². The Morgan fingerprint density at radius 2 is 1.79 bits per heavy atom. The maximum atomic E-state index is 10.9. The van der Waals surface area contributed by atoms with Gasteiger partial charge in [-0.2, -0.15) is 0 Å². The lowest BCUT2D eigenvalue weighted by Crippen LogP contribution is -2.05. The van der Waals surface area contributed by atoms with E-state index in [1.165, 1.54) is 12.1 Å². The van der Waals surface area contributed by atoms with Crippen molar-refractivity contribution >= 4 is 5.97 Å². The highest BCUT2D eigenvalue weighted by Crippen LogP contribution is 2.25. The number of carboxylic acids is 1. The molecule has 0 aliphatic heterocycles. The molecular formula is C11H14O3. The van der Waals surface area contributed by atoms with Gasteiger partial charge in [-0.25, -0.2) is 4.79 Å². The average Bonchev–Trinajstić information content (AvgIpc) is 2.16. The van der Waals surface area contributed by atoms with Crippen LogP contribution in [0.1, 0.15) is 35.3 Å². The Labute approximate surface area is 83.0 Å². The molecule has 14 heavy (non-hydrogen) atoms. The highest BCUT2D eigenvalue weighted by atomic mass is 16.4. The molecule has 3 heteroatoms. The third-order valence-electron chi connectivity index (χ3n) is 2.34. The molecule has 0 amide bonds. The summed E-state index contributed by atoms with van der Waals surface area (Å²) in [5, 5.41) is 18.5. The molecule has 0 saturated carbocycles. The van der Waals surface area contributed by atoms with Crippen LogP contribution in [0.5, 0.6) is 5.75 Å². The molecular weight excluding hydrogens is 180 g/mol. The van der Waals surface area contributed by atoms with Crippen molar-refractivity contribution in [2.45, 2.75) is 26.7 Å². The first-order chi connectivity index (χ1) is 6.61. The fourth-order valence-electron chi connectivity index (χ4n) is 1.68. The van der Waals surface area contributed by atoms with Gasteiger partial charge in [0.05, 0.1) is 5.56 Å². The molecule has 0 spiro atoms. The summed E-state index contributed by atoms with van der Waals surface area (Å²) in [4.78, 5) is 10.9. The summed E-state index contributed by atoms with van der Waals surface area (Å²) < 4.78 is 0. The Hall–Kier alpha value is -1.51. The van der Waals surface area contributed by atoms with Crippen LogP contribution >= 0.6 is 0 Å². The third-order valence-corrected chi connectivity index (χ3v) is 2.34. The van der Waals surface area contributed by atoms with Crippen LogP contribution in [0.3, 0.4) is 0 Å². The maximum absolute atomic E-state index is 10.9. The highest BCUT2D eigenvalue weighted by molar-refractivity contribution is 5.90. The number of carboxylic acid groups (broad SMARTS) is 1. The second-order valence-electron chi connectivity index (χ2n) is 3.10. The molecule has 0 saturated heterocycles. The fourth-order valence-corrected chi connectivity index (χ4v) is 1.68. The van der Waals surface area contributed by atoms with Crippen LogP contribution in [0.4, 0.5) is 0 Å². The van der Waals surface area contributed by atoms with Crippen LogP contribution in [0.2, 0.25) is 0 Å². The summed E-state index contributed by atoms with van der Waals surface area (Å²) in [6, 6.07) is 2.90. The minimum Gasteiger partial charge on any atom is -0.508 e. The maximum Gasteiger partial charge on any atom is 0.335 e. The molecule has 0 fully saturated rings. The summed E-state index contributed by atoms with van der Waals surface area (Å²) in [6.45, 7) is 3.79. The van der Waals surface area contributed by atoms with Crippen molar-refractivity contribution in [2.24, 2.45) is 0 Å². The van der Waals surface area contributed by atoms with Crippen LogP contribution in [0, 0.1) is 0 Å². The highest BCUT2D eigenvalue weighted by Gasteiger charge is 2.14. The van der Waals surface area contributed by atoms with E-state index in [1.54, 1.807) is 0 Å². The lowest BCUT2D eigenvalue weighted by molar-refractivity contribution is 0.0695. The van der Waals surface area contributed by atoms with Crippen molar-refractivity contribution < 1.29 is 15.0 Å². The summed E-state index contributed by atoms with van der Waals surface area (Å²) in [6.07, 6.45) is 1.27. The van der Waals surface area contributed by atoms with Gasteiger partial charge in [0.15, 0.2) is 0 Å². The van der Waals surface area contributed by atoms with Crippen molar-refractivity contribution in [1.29, 1.82) is 0 Å². The zero-order valence-corrected chi connectivity index (χ0v) is 8.37. The van der Waals surface area contributed by atoms with Crippen molar-refractivity contribution in [3.05, 3.63) is 28.8 Å². The molecule has 0 bridgehead atoms. The predicted molar refractivity (Wildman–Crippen MR) is 53.8 cm³/mol. The molecule has 0 unspecified atom stereocenters. The van der Waals surface area contributed by atoms with E-state index in [9.17, 15) is 9.90 Å².